The fourth-order valence-electron chi connectivity index (χ4n) is 3.47. The van der Waals surface area contributed by atoms with Crippen LogP contribution in [0.15, 0.2) is 18.2 Å². The number of amides is 1. The average molecular weight is 332 g/mol. The van der Waals surface area contributed by atoms with Crippen LogP contribution in [-0.2, 0) is 4.74 Å². The van der Waals surface area contributed by atoms with Crippen LogP contribution in [0.5, 0.6) is 0 Å². The molecule has 1 atom stereocenters. The summed E-state index contributed by atoms with van der Waals surface area (Å²) in [5.41, 5.74) is 2.67. The quantitative estimate of drug-likeness (QED) is 0.868. The Morgan fingerprint density at radius 3 is 2.83 bits per heavy atom. The molecule has 132 valence electrons. The van der Waals surface area contributed by atoms with Crippen LogP contribution < -0.4 is 5.32 Å². The van der Waals surface area contributed by atoms with Crippen LogP contribution in [0, 0.1) is 18.3 Å². The number of hydrogen-bond donors (Lipinski definition) is 2. The van der Waals surface area contributed by atoms with Gasteiger partial charge in [0.2, 0.25) is 0 Å². The van der Waals surface area contributed by atoms with Gasteiger partial charge in [0, 0.05) is 30.9 Å². The van der Waals surface area contributed by atoms with Crippen molar-refractivity contribution in [3.05, 3.63) is 29.3 Å². The Kier molecular flexibility index (Phi) is 5.11. The van der Waals surface area contributed by atoms with E-state index in [2.05, 4.69) is 12.2 Å². The average Bonchev–Trinajstić information content (AvgIpc) is 2.54. The first kappa shape index (κ1) is 17.2. The maximum Gasteiger partial charge on any atom is 0.253 e. The van der Waals surface area contributed by atoms with Gasteiger partial charge in [0.1, 0.15) is 0 Å². The number of aryl methyl sites for hydroxylation is 1. The Hall–Kier alpha value is -1.59. The predicted molar refractivity (Wildman–Crippen MR) is 94.3 cm³/mol. The van der Waals surface area contributed by atoms with Crippen LogP contribution in [-0.4, -0.2) is 55.4 Å². The zero-order chi connectivity index (χ0) is 17.2. The van der Waals surface area contributed by atoms with Crippen molar-refractivity contribution in [2.24, 2.45) is 11.3 Å². The summed E-state index contributed by atoms with van der Waals surface area (Å²) in [6, 6.07) is 5.84. The molecule has 2 N–H and O–H groups in total. The van der Waals surface area contributed by atoms with E-state index in [0.29, 0.717) is 25.7 Å². The summed E-state index contributed by atoms with van der Waals surface area (Å²) in [5.74, 6) is 0.722. The Balaban J connectivity index is 1.64. The van der Waals surface area contributed by atoms with Crippen molar-refractivity contribution in [2.75, 3.05) is 44.8 Å². The zero-order valence-corrected chi connectivity index (χ0v) is 14.7. The molecule has 0 saturated carbocycles. The second-order valence-electron chi connectivity index (χ2n) is 7.53. The van der Waals surface area contributed by atoms with Gasteiger partial charge < -0.3 is 20.1 Å². The number of piperidine rings is 1. The monoisotopic (exact) mass is 332 g/mol. The minimum Gasteiger partial charge on any atom is -0.396 e. The molecule has 2 saturated heterocycles. The third kappa shape index (κ3) is 3.57. The molecule has 2 aliphatic rings. The number of nitrogens with one attached hydrogen (secondary N) is 1. The smallest absolute Gasteiger partial charge is 0.253 e. The van der Waals surface area contributed by atoms with Gasteiger partial charge in [0.05, 0.1) is 25.2 Å². The van der Waals surface area contributed by atoms with E-state index in [1.807, 2.05) is 30.0 Å². The van der Waals surface area contributed by atoms with E-state index in [-0.39, 0.29) is 17.9 Å². The highest BCUT2D eigenvalue weighted by Gasteiger charge is 2.37. The second-order valence-corrected chi connectivity index (χ2v) is 7.53. The topological polar surface area (TPSA) is 61.8 Å². The molecule has 24 heavy (non-hydrogen) atoms. The molecule has 0 aromatic heterocycles. The third-order valence-corrected chi connectivity index (χ3v) is 5.22. The molecule has 1 amide bonds. The van der Waals surface area contributed by atoms with Gasteiger partial charge in [-0.15, -0.1) is 0 Å². The van der Waals surface area contributed by atoms with Crippen molar-refractivity contribution in [2.45, 2.75) is 26.7 Å². The van der Waals surface area contributed by atoms with Crippen LogP contribution in [0.4, 0.5) is 5.69 Å². The number of aliphatic hydroxyl groups is 1. The van der Waals surface area contributed by atoms with Crippen molar-refractivity contribution >= 4 is 11.6 Å². The van der Waals surface area contributed by atoms with Gasteiger partial charge in [-0.1, -0.05) is 6.92 Å². The van der Waals surface area contributed by atoms with Crippen LogP contribution in [0.25, 0.3) is 0 Å². The Bertz CT molecular complexity index is 593. The molecular formula is C19H28N2O3. The van der Waals surface area contributed by atoms with E-state index >= 15 is 0 Å². The van der Waals surface area contributed by atoms with Crippen molar-refractivity contribution in [3.8, 4) is 0 Å². The standard InChI is InChI=1S/C19H28N2O3/c1-14-4-3-7-21(9-14)18(23)16-5-6-17(15(2)8-16)20-10-19(11-22)12-24-13-19/h5-6,8,14,20,22H,3-4,7,9-13H2,1-2H3. The molecule has 0 radical (unpaired) electrons. The van der Waals surface area contributed by atoms with E-state index < -0.39 is 0 Å². The Morgan fingerprint density at radius 2 is 2.25 bits per heavy atom. The molecule has 1 unspecified atom stereocenters. The number of hydrogen-bond acceptors (Lipinski definition) is 4. The minimum atomic E-state index is -0.162. The fourth-order valence-corrected chi connectivity index (χ4v) is 3.47. The molecular weight excluding hydrogens is 304 g/mol. The molecule has 0 spiro atoms. The molecule has 0 bridgehead atoms. The van der Waals surface area contributed by atoms with Gasteiger partial charge >= 0.3 is 0 Å². The highest BCUT2D eigenvalue weighted by Crippen LogP contribution is 2.28. The van der Waals surface area contributed by atoms with Crippen molar-refractivity contribution in [1.82, 2.24) is 4.90 Å². The van der Waals surface area contributed by atoms with Gasteiger partial charge in [-0.3, -0.25) is 4.79 Å². The van der Waals surface area contributed by atoms with E-state index in [0.717, 1.165) is 36.3 Å². The number of nitrogens with zero attached hydrogens (tertiary/aromatic N) is 1. The summed E-state index contributed by atoms with van der Waals surface area (Å²) in [5, 5.41) is 12.9. The molecule has 5 heteroatoms. The summed E-state index contributed by atoms with van der Waals surface area (Å²) >= 11 is 0. The highest BCUT2D eigenvalue weighted by atomic mass is 16.5. The van der Waals surface area contributed by atoms with Crippen molar-refractivity contribution < 1.29 is 14.6 Å². The Labute approximate surface area is 144 Å². The summed E-state index contributed by atoms with van der Waals surface area (Å²) in [6.07, 6.45) is 2.30. The molecule has 5 nitrogen and oxygen atoms in total. The number of rotatable bonds is 5. The Morgan fingerprint density at radius 1 is 1.46 bits per heavy atom. The lowest BCUT2D eigenvalue weighted by Crippen LogP contribution is -2.50. The summed E-state index contributed by atoms with van der Waals surface area (Å²) in [6.45, 7) is 7.94. The maximum atomic E-state index is 12.7. The van der Waals surface area contributed by atoms with Gasteiger partial charge in [0.15, 0.2) is 0 Å². The van der Waals surface area contributed by atoms with E-state index in [4.69, 9.17) is 4.74 Å². The normalized spacial score (nSPS) is 22.8. The third-order valence-electron chi connectivity index (χ3n) is 5.22. The van der Waals surface area contributed by atoms with Gasteiger partial charge in [-0.05, 0) is 49.4 Å². The molecule has 1 aromatic rings. The maximum absolute atomic E-state index is 12.7. The van der Waals surface area contributed by atoms with Gasteiger partial charge in [-0.25, -0.2) is 0 Å². The van der Waals surface area contributed by atoms with E-state index in [1.165, 1.54) is 6.42 Å². The lowest BCUT2D eigenvalue weighted by Gasteiger charge is -2.40. The van der Waals surface area contributed by atoms with E-state index in [9.17, 15) is 9.90 Å². The molecule has 2 aliphatic heterocycles. The molecule has 2 fully saturated rings. The highest BCUT2D eigenvalue weighted by molar-refractivity contribution is 5.95. The van der Waals surface area contributed by atoms with Crippen LogP contribution in [0.2, 0.25) is 0 Å². The first-order valence-corrected chi connectivity index (χ1v) is 8.85. The first-order valence-electron chi connectivity index (χ1n) is 8.85. The number of benzene rings is 1. The second kappa shape index (κ2) is 7.11. The van der Waals surface area contributed by atoms with Crippen molar-refractivity contribution in [1.29, 1.82) is 0 Å². The number of carbonyl (C=O) groups excluding carboxylic acids is 1. The summed E-state index contributed by atoms with van der Waals surface area (Å²) in [4.78, 5) is 14.7. The van der Waals surface area contributed by atoms with Crippen LogP contribution in [0.1, 0.15) is 35.7 Å². The SMILES string of the molecule is Cc1cc(C(=O)N2CCCC(C)C2)ccc1NCC1(CO)COC1. The van der Waals surface area contributed by atoms with Gasteiger partial charge in [-0.2, -0.15) is 0 Å². The number of carbonyl (C=O) groups is 1. The van der Waals surface area contributed by atoms with Crippen LogP contribution >= 0.6 is 0 Å². The lowest BCUT2D eigenvalue weighted by molar-refractivity contribution is -0.128. The number of aliphatic hydroxyl groups excluding tert-OH is 1. The fraction of sp³-hybridized carbons (Fsp3) is 0.632. The molecule has 2 heterocycles. The summed E-state index contributed by atoms with van der Waals surface area (Å²) in [7, 11) is 0. The van der Waals surface area contributed by atoms with Gasteiger partial charge in [0.25, 0.3) is 5.91 Å². The minimum absolute atomic E-state index is 0.128. The van der Waals surface area contributed by atoms with E-state index in [1.54, 1.807) is 0 Å². The predicted octanol–water partition coefficient (Wildman–Crippen LogP) is 2.29. The summed E-state index contributed by atoms with van der Waals surface area (Å²) < 4.78 is 5.22. The number of ether oxygens (including phenoxy) is 1. The first-order chi connectivity index (χ1) is 11.5. The number of likely N-dealkylation sites (tertiary alicyclic amines) is 1. The van der Waals surface area contributed by atoms with Crippen LogP contribution in [0.3, 0.4) is 0 Å². The van der Waals surface area contributed by atoms with Crippen molar-refractivity contribution in [3.63, 3.8) is 0 Å². The number of anilines is 1. The molecule has 1 aromatic carbocycles. The molecule has 0 aliphatic carbocycles. The molecule has 3 rings (SSSR count). The zero-order valence-electron chi connectivity index (χ0n) is 14.7. The lowest BCUT2D eigenvalue weighted by atomic mass is 9.87. The largest absolute Gasteiger partial charge is 0.396 e.